The fraction of sp³-hybridized carbons (Fsp3) is 0.300. The van der Waals surface area contributed by atoms with E-state index < -0.39 is 5.97 Å². The van der Waals surface area contributed by atoms with E-state index in [-0.39, 0.29) is 30.8 Å². The molecule has 1 heterocycles. The molecule has 0 spiro atoms. The van der Waals surface area contributed by atoms with Crippen LogP contribution >= 0.6 is 12.4 Å². The molecule has 26 heavy (non-hydrogen) atoms. The van der Waals surface area contributed by atoms with E-state index in [1.54, 1.807) is 0 Å². The van der Waals surface area contributed by atoms with Crippen LogP contribution in [0.3, 0.4) is 0 Å². The first-order valence-corrected chi connectivity index (χ1v) is 8.53. The molecule has 1 amide bonds. The predicted octanol–water partition coefficient (Wildman–Crippen LogP) is 3.51. The number of nitrogens with one attached hydrogen (secondary N) is 1. The van der Waals surface area contributed by atoms with Gasteiger partial charge in [-0.3, -0.25) is 14.5 Å². The van der Waals surface area contributed by atoms with E-state index in [9.17, 15) is 9.59 Å². The highest BCUT2D eigenvalue weighted by molar-refractivity contribution is 5.96. The number of para-hydroxylation sites is 1. The zero-order chi connectivity index (χ0) is 17.6. The van der Waals surface area contributed by atoms with Crippen molar-refractivity contribution >= 4 is 30.0 Å². The Hall–Kier alpha value is -2.37. The van der Waals surface area contributed by atoms with Gasteiger partial charge in [0.05, 0.1) is 12.5 Å². The molecule has 3 rings (SSSR count). The van der Waals surface area contributed by atoms with Gasteiger partial charge in [-0.1, -0.05) is 48.5 Å². The number of halogens is 1. The van der Waals surface area contributed by atoms with E-state index in [2.05, 4.69) is 5.32 Å². The number of nitrogens with zero attached hydrogens (tertiary/aromatic N) is 1. The third-order valence-electron chi connectivity index (χ3n) is 4.59. The maximum atomic E-state index is 12.4. The van der Waals surface area contributed by atoms with Crippen LogP contribution in [0.2, 0.25) is 0 Å². The topological polar surface area (TPSA) is 69.6 Å². The van der Waals surface area contributed by atoms with E-state index in [1.165, 1.54) is 0 Å². The smallest absolute Gasteiger partial charge is 0.306 e. The fourth-order valence-electron chi connectivity index (χ4n) is 3.19. The summed E-state index contributed by atoms with van der Waals surface area (Å²) >= 11 is 0. The molecule has 2 aromatic carbocycles. The molecule has 1 fully saturated rings. The van der Waals surface area contributed by atoms with E-state index >= 15 is 0 Å². The van der Waals surface area contributed by atoms with Gasteiger partial charge in [-0.15, -0.1) is 12.4 Å². The van der Waals surface area contributed by atoms with Gasteiger partial charge < -0.3 is 10.4 Å². The van der Waals surface area contributed by atoms with E-state index in [0.717, 1.165) is 16.8 Å². The van der Waals surface area contributed by atoms with Gasteiger partial charge in [0.25, 0.3) is 0 Å². The Morgan fingerprint density at radius 2 is 1.62 bits per heavy atom. The maximum Gasteiger partial charge on any atom is 0.306 e. The largest absolute Gasteiger partial charge is 0.481 e. The molecule has 1 aliphatic heterocycles. The van der Waals surface area contributed by atoms with Gasteiger partial charge in [0, 0.05) is 11.3 Å². The number of carbonyl (C=O) groups is 2. The van der Waals surface area contributed by atoms with Crippen molar-refractivity contribution in [2.75, 3.05) is 25.0 Å². The van der Waals surface area contributed by atoms with Crippen LogP contribution in [0.1, 0.15) is 12.8 Å². The molecule has 6 heteroatoms. The summed E-state index contributed by atoms with van der Waals surface area (Å²) in [6.45, 7) is 1.57. The molecule has 0 aliphatic carbocycles. The van der Waals surface area contributed by atoms with Crippen molar-refractivity contribution in [3.8, 4) is 11.1 Å². The first-order valence-electron chi connectivity index (χ1n) is 8.53. The van der Waals surface area contributed by atoms with Crippen molar-refractivity contribution in [2.45, 2.75) is 12.8 Å². The third-order valence-corrected chi connectivity index (χ3v) is 4.59. The molecular formula is C20H23ClN2O3. The number of carboxylic acid groups (broad SMARTS) is 1. The number of amides is 1. The molecule has 0 bridgehead atoms. The van der Waals surface area contributed by atoms with E-state index in [0.29, 0.717) is 25.9 Å². The molecular weight excluding hydrogens is 352 g/mol. The molecule has 0 saturated carbocycles. The highest BCUT2D eigenvalue weighted by atomic mass is 35.5. The number of rotatable bonds is 5. The second-order valence-corrected chi connectivity index (χ2v) is 6.35. The van der Waals surface area contributed by atoms with Gasteiger partial charge in [-0.2, -0.15) is 0 Å². The van der Waals surface area contributed by atoms with Gasteiger partial charge >= 0.3 is 5.97 Å². The van der Waals surface area contributed by atoms with E-state index in [1.807, 2.05) is 59.5 Å². The summed E-state index contributed by atoms with van der Waals surface area (Å²) in [5.41, 5.74) is 2.83. The zero-order valence-corrected chi connectivity index (χ0v) is 15.2. The van der Waals surface area contributed by atoms with Gasteiger partial charge in [-0.05, 0) is 37.6 Å². The highest BCUT2D eigenvalue weighted by Gasteiger charge is 2.25. The Bertz CT molecular complexity index is 744. The molecule has 0 radical (unpaired) electrons. The standard InChI is InChI=1S/C20H22N2O3.ClH/c23-19(14-22-12-10-16(11-13-22)20(24)25)21-18-9-5-4-8-17(18)15-6-2-1-3-7-15;/h1-9,16H,10-14H2,(H,21,23)(H,24,25);1H. The lowest BCUT2D eigenvalue weighted by Gasteiger charge is -2.29. The first-order chi connectivity index (χ1) is 12.1. The number of anilines is 1. The summed E-state index contributed by atoms with van der Waals surface area (Å²) in [7, 11) is 0. The first kappa shape index (κ1) is 19.9. The van der Waals surface area contributed by atoms with Crippen molar-refractivity contribution < 1.29 is 14.7 Å². The third kappa shape index (κ3) is 5.07. The lowest BCUT2D eigenvalue weighted by molar-refractivity contribution is -0.143. The second kappa shape index (κ2) is 9.36. The number of aliphatic carboxylic acids is 1. The van der Waals surface area contributed by atoms with Crippen LogP contribution in [0.15, 0.2) is 54.6 Å². The number of carbonyl (C=O) groups excluding carboxylic acids is 1. The Morgan fingerprint density at radius 1 is 1.00 bits per heavy atom. The Kier molecular flexibility index (Phi) is 7.18. The monoisotopic (exact) mass is 374 g/mol. The van der Waals surface area contributed by atoms with Gasteiger partial charge in [0.2, 0.25) is 5.91 Å². The number of piperidine rings is 1. The van der Waals surface area contributed by atoms with Crippen LogP contribution in [-0.4, -0.2) is 41.5 Å². The van der Waals surface area contributed by atoms with Gasteiger partial charge in [0.15, 0.2) is 0 Å². The minimum atomic E-state index is -0.735. The lowest BCUT2D eigenvalue weighted by atomic mass is 9.97. The summed E-state index contributed by atoms with van der Waals surface area (Å²) in [6.07, 6.45) is 1.20. The zero-order valence-electron chi connectivity index (χ0n) is 14.4. The summed E-state index contributed by atoms with van der Waals surface area (Å²) in [6, 6.07) is 17.7. The summed E-state index contributed by atoms with van der Waals surface area (Å²) in [5, 5.41) is 12.0. The lowest BCUT2D eigenvalue weighted by Crippen LogP contribution is -2.40. The van der Waals surface area contributed by atoms with Crippen molar-refractivity contribution in [3.63, 3.8) is 0 Å². The number of benzene rings is 2. The number of carboxylic acids is 1. The highest BCUT2D eigenvalue weighted by Crippen LogP contribution is 2.27. The van der Waals surface area contributed by atoms with Crippen LogP contribution in [0.5, 0.6) is 0 Å². The summed E-state index contributed by atoms with van der Waals surface area (Å²) < 4.78 is 0. The van der Waals surface area contributed by atoms with Crippen molar-refractivity contribution in [1.29, 1.82) is 0 Å². The molecule has 138 valence electrons. The van der Waals surface area contributed by atoms with Crippen LogP contribution in [0, 0.1) is 5.92 Å². The molecule has 2 N–H and O–H groups in total. The van der Waals surface area contributed by atoms with Crippen LogP contribution in [0.25, 0.3) is 11.1 Å². The molecule has 1 aliphatic rings. The number of likely N-dealkylation sites (tertiary alicyclic amines) is 1. The number of hydrogen-bond donors (Lipinski definition) is 2. The van der Waals surface area contributed by atoms with E-state index in [4.69, 9.17) is 5.11 Å². The van der Waals surface area contributed by atoms with Gasteiger partial charge in [-0.25, -0.2) is 0 Å². The molecule has 2 aromatic rings. The van der Waals surface area contributed by atoms with Crippen molar-refractivity contribution in [2.24, 2.45) is 5.92 Å². The summed E-state index contributed by atoms with van der Waals surface area (Å²) in [5.74, 6) is -1.09. The molecule has 0 unspecified atom stereocenters. The fourth-order valence-corrected chi connectivity index (χ4v) is 3.19. The number of hydrogen-bond acceptors (Lipinski definition) is 3. The maximum absolute atomic E-state index is 12.4. The normalized spacial score (nSPS) is 15.1. The Labute approximate surface area is 159 Å². The van der Waals surface area contributed by atoms with Gasteiger partial charge in [0.1, 0.15) is 0 Å². The van der Waals surface area contributed by atoms with Crippen LogP contribution in [-0.2, 0) is 9.59 Å². The minimum absolute atomic E-state index is 0. The minimum Gasteiger partial charge on any atom is -0.481 e. The predicted molar refractivity (Wildman–Crippen MR) is 105 cm³/mol. The molecule has 1 saturated heterocycles. The van der Waals surface area contributed by atoms with Crippen molar-refractivity contribution in [3.05, 3.63) is 54.6 Å². The van der Waals surface area contributed by atoms with Crippen LogP contribution < -0.4 is 5.32 Å². The Balaban J connectivity index is 0.00000243. The molecule has 5 nitrogen and oxygen atoms in total. The summed E-state index contributed by atoms with van der Waals surface area (Å²) in [4.78, 5) is 25.4. The average molecular weight is 375 g/mol. The Morgan fingerprint density at radius 3 is 2.27 bits per heavy atom. The van der Waals surface area contributed by atoms with Crippen LogP contribution in [0.4, 0.5) is 5.69 Å². The molecule has 0 aromatic heterocycles. The second-order valence-electron chi connectivity index (χ2n) is 6.35. The molecule has 0 atom stereocenters. The van der Waals surface area contributed by atoms with Crippen molar-refractivity contribution in [1.82, 2.24) is 4.90 Å². The SMILES string of the molecule is Cl.O=C(CN1CCC(C(=O)O)CC1)Nc1ccccc1-c1ccccc1. The average Bonchev–Trinajstić information content (AvgIpc) is 2.63. The quantitative estimate of drug-likeness (QED) is 0.840.